The molecule has 112 valence electrons. The lowest BCUT2D eigenvalue weighted by Crippen LogP contribution is -2.44. The van der Waals surface area contributed by atoms with E-state index in [1.807, 2.05) is 0 Å². The number of aliphatic hydroxyl groups is 1. The molecule has 0 bridgehead atoms. The van der Waals surface area contributed by atoms with Crippen LogP contribution in [0.3, 0.4) is 0 Å². The summed E-state index contributed by atoms with van der Waals surface area (Å²) in [5.41, 5.74) is -0.273. The molecule has 2 nitrogen and oxygen atoms in total. The van der Waals surface area contributed by atoms with Gasteiger partial charge in [0.05, 0.1) is 12.7 Å². The minimum Gasteiger partial charge on any atom is -0.494 e. The van der Waals surface area contributed by atoms with Gasteiger partial charge < -0.3 is 9.84 Å². The van der Waals surface area contributed by atoms with Gasteiger partial charge in [-0.3, -0.25) is 0 Å². The predicted molar refractivity (Wildman–Crippen MR) is 78.3 cm³/mol. The third-order valence-electron chi connectivity index (χ3n) is 4.57. The fourth-order valence-electron chi connectivity index (χ4n) is 3.59. The molecule has 1 aromatic rings. The van der Waals surface area contributed by atoms with Crippen molar-refractivity contribution in [3.05, 3.63) is 29.6 Å². The van der Waals surface area contributed by atoms with E-state index < -0.39 is 11.4 Å². The molecule has 1 aliphatic carbocycles. The number of benzene rings is 1. The Morgan fingerprint density at radius 1 is 1.30 bits per heavy atom. The van der Waals surface area contributed by atoms with Crippen LogP contribution in [-0.2, 0) is 5.60 Å². The highest BCUT2D eigenvalue weighted by Crippen LogP contribution is 2.50. The number of rotatable bonds is 2. The van der Waals surface area contributed by atoms with Crippen LogP contribution in [0.1, 0.15) is 52.0 Å². The molecule has 0 spiro atoms. The predicted octanol–water partition coefficient (Wildman–Crippen LogP) is 4.26. The maximum absolute atomic E-state index is 14.0. The summed E-state index contributed by atoms with van der Waals surface area (Å²) in [5, 5.41) is 11.2. The van der Waals surface area contributed by atoms with E-state index in [4.69, 9.17) is 4.74 Å². The second-order valence-corrected chi connectivity index (χ2v) is 6.94. The zero-order valence-electron chi connectivity index (χ0n) is 12.9. The molecule has 0 aliphatic heterocycles. The molecule has 0 amide bonds. The van der Waals surface area contributed by atoms with Crippen molar-refractivity contribution in [2.45, 2.75) is 52.1 Å². The van der Waals surface area contributed by atoms with Crippen LogP contribution in [0.2, 0.25) is 0 Å². The fraction of sp³-hybridized carbons (Fsp3) is 0.647. The first-order valence-corrected chi connectivity index (χ1v) is 7.35. The van der Waals surface area contributed by atoms with Gasteiger partial charge in [0, 0.05) is 0 Å². The average molecular weight is 280 g/mol. The number of ether oxygens (including phenoxy) is 1. The van der Waals surface area contributed by atoms with E-state index in [1.54, 1.807) is 12.1 Å². The highest BCUT2D eigenvalue weighted by molar-refractivity contribution is 5.33. The van der Waals surface area contributed by atoms with Gasteiger partial charge in [-0.1, -0.05) is 39.7 Å². The number of halogens is 1. The molecule has 2 atom stereocenters. The number of methoxy groups -OCH3 is 1. The van der Waals surface area contributed by atoms with Crippen molar-refractivity contribution in [3.8, 4) is 5.75 Å². The highest BCUT2D eigenvalue weighted by atomic mass is 19.1. The lowest BCUT2D eigenvalue weighted by atomic mass is 9.61. The van der Waals surface area contributed by atoms with Crippen molar-refractivity contribution in [1.29, 1.82) is 0 Å². The molecule has 1 N–H and O–H groups in total. The van der Waals surface area contributed by atoms with Crippen molar-refractivity contribution in [2.24, 2.45) is 11.3 Å². The Morgan fingerprint density at radius 3 is 2.55 bits per heavy atom. The summed E-state index contributed by atoms with van der Waals surface area (Å²) < 4.78 is 18.9. The zero-order valence-corrected chi connectivity index (χ0v) is 12.9. The highest BCUT2D eigenvalue weighted by Gasteiger charge is 2.46. The van der Waals surface area contributed by atoms with E-state index >= 15 is 0 Å². The van der Waals surface area contributed by atoms with Crippen molar-refractivity contribution < 1.29 is 14.2 Å². The molecule has 0 aromatic heterocycles. The van der Waals surface area contributed by atoms with Crippen LogP contribution in [-0.4, -0.2) is 12.2 Å². The minimum atomic E-state index is -0.941. The van der Waals surface area contributed by atoms with Crippen molar-refractivity contribution in [2.75, 3.05) is 7.11 Å². The first-order chi connectivity index (χ1) is 9.29. The largest absolute Gasteiger partial charge is 0.494 e. The molecule has 0 saturated heterocycles. The molecule has 0 radical (unpaired) electrons. The van der Waals surface area contributed by atoms with Crippen LogP contribution in [0.4, 0.5) is 4.39 Å². The van der Waals surface area contributed by atoms with Gasteiger partial charge in [0.2, 0.25) is 0 Å². The topological polar surface area (TPSA) is 29.5 Å². The molecular weight excluding hydrogens is 255 g/mol. The van der Waals surface area contributed by atoms with Gasteiger partial charge in [-0.2, -0.15) is 0 Å². The van der Waals surface area contributed by atoms with Gasteiger partial charge in [0.15, 0.2) is 11.6 Å². The van der Waals surface area contributed by atoms with Gasteiger partial charge >= 0.3 is 0 Å². The Morgan fingerprint density at radius 2 is 2.00 bits per heavy atom. The molecule has 2 unspecified atom stereocenters. The van der Waals surface area contributed by atoms with Gasteiger partial charge in [0.1, 0.15) is 0 Å². The van der Waals surface area contributed by atoms with Crippen LogP contribution in [0.5, 0.6) is 5.75 Å². The molecule has 1 saturated carbocycles. The van der Waals surface area contributed by atoms with E-state index in [0.29, 0.717) is 12.0 Å². The van der Waals surface area contributed by atoms with Gasteiger partial charge in [-0.15, -0.1) is 0 Å². The molecule has 1 fully saturated rings. The Bertz CT molecular complexity index is 478. The molecule has 2 rings (SSSR count). The van der Waals surface area contributed by atoms with Crippen LogP contribution < -0.4 is 4.74 Å². The average Bonchev–Trinajstić information content (AvgIpc) is 2.37. The zero-order chi connectivity index (χ0) is 15.0. The maximum atomic E-state index is 14.0. The summed E-state index contributed by atoms with van der Waals surface area (Å²) in [4.78, 5) is 0. The Labute approximate surface area is 121 Å². The first-order valence-electron chi connectivity index (χ1n) is 7.35. The lowest BCUT2D eigenvalue weighted by molar-refractivity contribution is -0.0961. The number of hydrogen-bond acceptors (Lipinski definition) is 2. The van der Waals surface area contributed by atoms with Gasteiger partial charge in [-0.25, -0.2) is 4.39 Å². The summed E-state index contributed by atoms with van der Waals surface area (Å²) in [6, 6.07) is 4.84. The summed E-state index contributed by atoms with van der Waals surface area (Å²) in [7, 11) is 1.45. The van der Waals surface area contributed by atoms with Crippen LogP contribution in [0, 0.1) is 17.2 Å². The van der Waals surface area contributed by atoms with E-state index in [1.165, 1.54) is 13.2 Å². The Kier molecular flexibility index (Phi) is 4.10. The van der Waals surface area contributed by atoms with Crippen molar-refractivity contribution in [1.82, 2.24) is 0 Å². The molecule has 1 aliphatic rings. The third kappa shape index (κ3) is 2.69. The normalized spacial score (nSPS) is 27.4. The summed E-state index contributed by atoms with van der Waals surface area (Å²) in [6.45, 7) is 6.44. The monoisotopic (exact) mass is 280 g/mol. The van der Waals surface area contributed by atoms with Crippen molar-refractivity contribution >= 4 is 0 Å². The Hall–Kier alpha value is -1.09. The molecular formula is C17H25FO2. The maximum Gasteiger partial charge on any atom is 0.165 e. The standard InChI is InChI=1S/C17H25FO2/c1-16(2,3)15-7-5-6-10-17(15,19)12-8-9-14(20-4)13(18)11-12/h8-9,11,15,19H,5-7,10H2,1-4H3. The smallest absolute Gasteiger partial charge is 0.165 e. The van der Waals surface area contributed by atoms with Gasteiger partial charge in [0.25, 0.3) is 0 Å². The lowest BCUT2D eigenvalue weighted by Gasteiger charge is -2.47. The van der Waals surface area contributed by atoms with E-state index in [-0.39, 0.29) is 17.1 Å². The van der Waals surface area contributed by atoms with Crippen LogP contribution in [0.25, 0.3) is 0 Å². The third-order valence-corrected chi connectivity index (χ3v) is 4.57. The second kappa shape index (κ2) is 5.36. The molecule has 3 heteroatoms. The summed E-state index contributed by atoms with van der Waals surface area (Å²) in [6.07, 6.45) is 3.79. The minimum absolute atomic E-state index is 0.00836. The molecule has 20 heavy (non-hydrogen) atoms. The Balaban J connectivity index is 2.43. The van der Waals surface area contributed by atoms with Crippen molar-refractivity contribution in [3.63, 3.8) is 0 Å². The first kappa shape index (κ1) is 15.3. The molecule has 1 aromatic carbocycles. The fourth-order valence-corrected chi connectivity index (χ4v) is 3.59. The van der Waals surface area contributed by atoms with E-state index in [9.17, 15) is 9.50 Å². The van der Waals surface area contributed by atoms with Gasteiger partial charge in [-0.05, 0) is 41.9 Å². The quantitative estimate of drug-likeness (QED) is 0.877. The number of hydrogen-bond donors (Lipinski definition) is 1. The van der Waals surface area contributed by atoms with E-state index in [0.717, 1.165) is 19.3 Å². The second-order valence-electron chi connectivity index (χ2n) is 6.94. The summed E-state index contributed by atoms with van der Waals surface area (Å²) in [5.74, 6) is -0.0475. The SMILES string of the molecule is COc1ccc(C2(O)CCCCC2C(C)(C)C)cc1F. The summed E-state index contributed by atoms with van der Waals surface area (Å²) >= 11 is 0. The van der Waals surface area contributed by atoms with E-state index in [2.05, 4.69) is 20.8 Å². The van der Waals surface area contributed by atoms with Crippen LogP contribution >= 0.6 is 0 Å². The molecule has 0 heterocycles. The van der Waals surface area contributed by atoms with Crippen LogP contribution in [0.15, 0.2) is 18.2 Å².